The van der Waals surface area contributed by atoms with Gasteiger partial charge in [0, 0.05) is 41.8 Å². The van der Waals surface area contributed by atoms with Gasteiger partial charge in [0.25, 0.3) is 0 Å². The lowest BCUT2D eigenvalue weighted by Crippen LogP contribution is -2.30. The molecule has 1 aromatic carbocycles. The maximum atomic E-state index is 11.5. The maximum Gasteiger partial charge on any atom is 0.221 e. The van der Waals surface area contributed by atoms with Crippen LogP contribution in [0.4, 0.5) is 0 Å². The van der Waals surface area contributed by atoms with Crippen LogP contribution in [0, 0.1) is 0 Å². The van der Waals surface area contributed by atoms with Crippen LogP contribution < -0.4 is 11.1 Å². The molecule has 17 heavy (non-hydrogen) atoms. The number of hydrogen-bond acceptors (Lipinski definition) is 3. The van der Waals surface area contributed by atoms with E-state index in [1.54, 1.807) is 6.26 Å². The molecule has 1 rings (SSSR count). The van der Waals surface area contributed by atoms with Crippen molar-refractivity contribution in [2.75, 3.05) is 18.6 Å². The number of benzene rings is 1. The van der Waals surface area contributed by atoms with Gasteiger partial charge in [-0.1, -0.05) is 30.3 Å². The number of nitrogens with two attached hydrogens (primary N) is 1. The number of amides is 1. The summed E-state index contributed by atoms with van der Waals surface area (Å²) < 4.78 is 10.8. The second-order valence-electron chi connectivity index (χ2n) is 3.85. The Labute approximate surface area is 104 Å². The predicted octanol–water partition coefficient (Wildman–Crippen LogP) is 0.571. The van der Waals surface area contributed by atoms with E-state index in [0.717, 1.165) is 5.56 Å². The summed E-state index contributed by atoms with van der Waals surface area (Å²) in [6.45, 7) is 0.434. The van der Waals surface area contributed by atoms with Crippen LogP contribution in [-0.4, -0.2) is 28.7 Å². The van der Waals surface area contributed by atoms with Crippen molar-refractivity contribution in [3.05, 3.63) is 35.9 Å². The van der Waals surface area contributed by atoms with Crippen LogP contribution in [0.3, 0.4) is 0 Å². The number of carbonyl (C=O) groups is 1. The minimum absolute atomic E-state index is 0.105. The predicted molar refractivity (Wildman–Crippen MR) is 69.9 cm³/mol. The second-order valence-corrected chi connectivity index (χ2v) is 5.40. The van der Waals surface area contributed by atoms with Gasteiger partial charge in [-0.3, -0.25) is 9.00 Å². The first kappa shape index (κ1) is 13.9. The average Bonchev–Trinajstić information content (AvgIpc) is 2.29. The summed E-state index contributed by atoms with van der Waals surface area (Å²) in [4.78, 5) is 11.5. The summed E-state index contributed by atoms with van der Waals surface area (Å²) >= 11 is 0. The topological polar surface area (TPSA) is 72.2 Å². The van der Waals surface area contributed by atoms with Gasteiger partial charge in [-0.05, 0) is 5.56 Å². The maximum absolute atomic E-state index is 11.5. The molecule has 5 heteroatoms. The third kappa shape index (κ3) is 5.60. The molecular weight excluding hydrogens is 236 g/mol. The Morgan fingerprint density at radius 3 is 2.65 bits per heavy atom. The molecule has 0 saturated carbocycles. The molecule has 4 nitrogen and oxygen atoms in total. The van der Waals surface area contributed by atoms with E-state index in [0.29, 0.717) is 12.3 Å². The quantitative estimate of drug-likeness (QED) is 0.779. The van der Waals surface area contributed by atoms with Crippen LogP contribution in [-0.2, 0) is 15.6 Å². The minimum atomic E-state index is -0.877. The Morgan fingerprint density at radius 2 is 2.06 bits per heavy atom. The lowest BCUT2D eigenvalue weighted by Gasteiger charge is -2.11. The van der Waals surface area contributed by atoms with E-state index < -0.39 is 10.8 Å². The van der Waals surface area contributed by atoms with Gasteiger partial charge in [0.1, 0.15) is 0 Å². The molecule has 0 heterocycles. The molecule has 0 aliphatic rings. The molecular formula is C12H18N2O2S. The Kier molecular flexibility index (Phi) is 5.86. The lowest BCUT2D eigenvalue weighted by atomic mass is 10.0. The van der Waals surface area contributed by atoms with E-state index in [1.165, 1.54) is 0 Å². The van der Waals surface area contributed by atoms with Crippen LogP contribution in [0.25, 0.3) is 0 Å². The average molecular weight is 254 g/mol. The molecule has 0 bridgehead atoms. The molecule has 0 radical (unpaired) electrons. The standard InChI is InChI=1S/C12H18N2O2S/c1-17(16)8-7-14-12(15)9-11(13)10-5-3-2-4-6-10/h2-6,11H,7-9,13H2,1H3,(H,14,15). The molecule has 1 amide bonds. The van der Waals surface area contributed by atoms with Crippen molar-refractivity contribution in [2.24, 2.45) is 5.73 Å². The summed E-state index contributed by atoms with van der Waals surface area (Å²) in [6, 6.07) is 9.22. The van der Waals surface area contributed by atoms with Crippen molar-refractivity contribution in [1.82, 2.24) is 5.32 Å². The third-order valence-corrected chi connectivity index (χ3v) is 3.12. The number of rotatable bonds is 6. The normalized spacial score (nSPS) is 14.0. The van der Waals surface area contributed by atoms with Gasteiger partial charge in [0.2, 0.25) is 5.91 Å². The molecule has 0 saturated heterocycles. The van der Waals surface area contributed by atoms with Crippen molar-refractivity contribution in [1.29, 1.82) is 0 Å². The first-order valence-electron chi connectivity index (χ1n) is 5.47. The lowest BCUT2D eigenvalue weighted by molar-refractivity contribution is -0.121. The summed E-state index contributed by atoms with van der Waals surface area (Å²) in [5.74, 6) is 0.374. The monoisotopic (exact) mass is 254 g/mol. The molecule has 0 aliphatic heterocycles. The smallest absolute Gasteiger partial charge is 0.221 e. The van der Waals surface area contributed by atoms with Gasteiger partial charge >= 0.3 is 0 Å². The van der Waals surface area contributed by atoms with Crippen molar-refractivity contribution in [3.8, 4) is 0 Å². The molecule has 2 atom stereocenters. The third-order valence-electron chi connectivity index (χ3n) is 2.34. The van der Waals surface area contributed by atoms with Gasteiger partial charge in [-0.2, -0.15) is 0 Å². The van der Waals surface area contributed by atoms with Crippen LogP contribution in [0.5, 0.6) is 0 Å². The van der Waals surface area contributed by atoms with Crippen molar-refractivity contribution in [3.63, 3.8) is 0 Å². The molecule has 0 aromatic heterocycles. The highest BCUT2D eigenvalue weighted by Gasteiger charge is 2.10. The van der Waals surface area contributed by atoms with Crippen LogP contribution >= 0.6 is 0 Å². The molecule has 94 valence electrons. The summed E-state index contributed by atoms with van der Waals surface area (Å²) in [5.41, 5.74) is 6.85. The number of hydrogen-bond donors (Lipinski definition) is 2. The highest BCUT2D eigenvalue weighted by molar-refractivity contribution is 7.84. The highest BCUT2D eigenvalue weighted by Crippen LogP contribution is 2.12. The highest BCUT2D eigenvalue weighted by atomic mass is 32.2. The Morgan fingerprint density at radius 1 is 1.41 bits per heavy atom. The largest absolute Gasteiger partial charge is 0.355 e. The zero-order valence-electron chi connectivity index (χ0n) is 9.89. The van der Waals surface area contributed by atoms with Crippen LogP contribution in [0.15, 0.2) is 30.3 Å². The molecule has 0 aliphatic carbocycles. The van der Waals surface area contributed by atoms with Gasteiger partial charge in [-0.15, -0.1) is 0 Å². The van der Waals surface area contributed by atoms with E-state index in [1.807, 2.05) is 30.3 Å². The van der Waals surface area contributed by atoms with E-state index in [2.05, 4.69) is 5.32 Å². The van der Waals surface area contributed by atoms with Gasteiger partial charge < -0.3 is 11.1 Å². The Balaban J connectivity index is 2.34. The molecule has 0 spiro atoms. The zero-order valence-corrected chi connectivity index (χ0v) is 10.7. The molecule has 1 aromatic rings. The molecule has 2 unspecified atom stereocenters. The van der Waals surface area contributed by atoms with E-state index in [4.69, 9.17) is 5.73 Å². The van der Waals surface area contributed by atoms with Gasteiger partial charge in [0.15, 0.2) is 0 Å². The Hall–Kier alpha value is -1.20. The SMILES string of the molecule is CS(=O)CCNC(=O)CC(N)c1ccccc1. The Bertz CT molecular complexity index is 381. The number of nitrogens with one attached hydrogen (secondary N) is 1. The van der Waals surface area contributed by atoms with Crippen molar-refractivity contribution < 1.29 is 9.00 Å². The molecule has 3 N–H and O–H groups in total. The first-order chi connectivity index (χ1) is 8.09. The van der Waals surface area contributed by atoms with E-state index >= 15 is 0 Å². The summed E-state index contributed by atoms with van der Waals surface area (Å²) in [6.07, 6.45) is 1.86. The van der Waals surface area contributed by atoms with Crippen molar-refractivity contribution in [2.45, 2.75) is 12.5 Å². The fourth-order valence-electron chi connectivity index (χ4n) is 1.42. The van der Waals surface area contributed by atoms with E-state index in [-0.39, 0.29) is 18.4 Å². The molecule has 0 fully saturated rings. The van der Waals surface area contributed by atoms with Crippen LogP contribution in [0.2, 0.25) is 0 Å². The summed E-state index contributed by atoms with van der Waals surface area (Å²) in [7, 11) is -0.877. The fourth-order valence-corrected chi connectivity index (χ4v) is 1.81. The van der Waals surface area contributed by atoms with Gasteiger partial charge in [-0.25, -0.2) is 0 Å². The first-order valence-corrected chi connectivity index (χ1v) is 7.19. The fraction of sp³-hybridized carbons (Fsp3) is 0.417. The summed E-state index contributed by atoms with van der Waals surface area (Å²) in [5, 5.41) is 2.70. The zero-order chi connectivity index (χ0) is 12.7. The second kappa shape index (κ2) is 7.19. The van der Waals surface area contributed by atoms with Crippen LogP contribution in [0.1, 0.15) is 18.0 Å². The minimum Gasteiger partial charge on any atom is -0.355 e. The number of carbonyl (C=O) groups excluding carboxylic acids is 1. The van der Waals surface area contributed by atoms with Gasteiger partial charge in [0.05, 0.1) is 0 Å². The van der Waals surface area contributed by atoms with E-state index in [9.17, 15) is 9.00 Å². The van der Waals surface area contributed by atoms with Crippen molar-refractivity contribution >= 4 is 16.7 Å².